The lowest BCUT2D eigenvalue weighted by Crippen LogP contribution is -2.41. The molecule has 0 radical (unpaired) electrons. The molecule has 2 rings (SSSR count). The fourth-order valence-corrected chi connectivity index (χ4v) is 3.54. The van der Waals surface area contributed by atoms with E-state index >= 15 is 0 Å². The summed E-state index contributed by atoms with van der Waals surface area (Å²) in [5.41, 5.74) is 7.56. The van der Waals surface area contributed by atoms with Crippen molar-refractivity contribution in [1.82, 2.24) is 4.90 Å². The number of hydrogen-bond donors (Lipinski definition) is 2. The van der Waals surface area contributed by atoms with Crippen LogP contribution in [0.4, 0.5) is 5.69 Å². The van der Waals surface area contributed by atoms with Crippen molar-refractivity contribution in [3.05, 3.63) is 29.8 Å². The Kier molecular flexibility index (Phi) is 11.4. The lowest BCUT2D eigenvalue weighted by Gasteiger charge is -2.33. The normalized spacial score (nSPS) is 17.8. The third kappa shape index (κ3) is 6.12. The van der Waals surface area contributed by atoms with Gasteiger partial charge < -0.3 is 11.1 Å². The zero-order valence-corrected chi connectivity index (χ0v) is 17.9. The highest BCUT2D eigenvalue weighted by molar-refractivity contribution is 5.95. The summed E-state index contributed by atoms with van der Waals surface area (Å²) in [6, 6.07) is 8.93. The fourth-order valence-electron chi connectivity index (χ4n) is 3.54. The summed E-state index contributed by atoms with van der Waals surface area (Å²) in [6.45, 7) is 8.93. The second-order valence-electron chi connectivity index (χ2n) is 7.16. The minimum absolute atomic E-state index is 0. The Labute approximate surface area is 171 Å². The predicted octanol–water partition coefficient (Wildman–Crippen LogP) is 4.61. The van der Waals surface area contributed by atoms with Gasteiger partial charge in [0.2, 0.25) is 5.91 Å². The number of anilines is 1. The summed E-state index contributed by atoms with van der Waals surface area (Å²) in [4.78, 5) is 15.1. The van der Waals surface area contributed by atoms with Gasteiger partial charge in [0.15, 0.2) is 0 Å². The molecule has 26 heavy (non-hydrogen) atoms. The van der Waals surface area contributed by atoms with Gasteiger partial charge in [0.1, 0.15) is 0 Å². The topological polar surface area (TPSA) is 58.4 Å². The smallest absolute Gasteiger partial charge is 0.231 e. The summed E-state index contributed by atoms with van der Waals surface area (Å²) in [7, 11) is 0. The third-order valence-electron chi connectivity index (χ3n) is 5.76. The van der Waals surface area contributed by atoms with Crippen LogP contribution in [-0.2, 0) is 11.3 Å². The molecule has 6 heteroatoms. The van der Waals surface area contributed by atoms with E-state index in [2.05, 4.69) is 29.3 Å². The van der Waals surface area contributed by atoms with Crippen LogP contribution in [0.15, 0.2) is 24.3 Å². The molecule has 1 saturated heterocycles. The van der Waals surface area contributed by atoms with E-state index in [-0.39, 0.29) is 30.7 Å². The Morgan fingerprint density at radius 3 is 2.31 bits per heavy atom. The van der Waals surface area contributed by atoms with Crippen LogP contribution >= 0.6 is 24.8 Å². The minimum Gasteiger partial charge on any atom is -0.329 e. The second-order valence-corrected chi connectivity index (χ2v) is 7.16. The zero-order valence-electron chi connectivity index (χ0n) is 16.3. The highest BCUT2D eigenvalue weighted by Crippen LogP contribution is 2.27. The maximum absolute atomic E-state index is 12.6. The van der Waals surface area contributed by atoms with Crippen molar-refractivity contribution >= 4 is 36.4 Å². The number of nitrogens with one attached hydrogen (secondary N) is 1. The highest BCUT2D eigenvalue weighted by Gasteiger charge is 2.33. The number of nitrogens with two attached hydrogens (primary N) is 1. The van der Waals surface area contributed by atoms with Gasteiger partial charge in [0.25, 0.3) is 0 Å². The first-order valence-corrected chi connectivity index (χ1v) is 9.39. The maximum atomic E-state index is 12.6. The van der Waals surface area contributed by atoms with Crippen LogP contribution in [0.2, 0.25) is 0 Å². The molecule has 1 aromatic rings. The molecule has 3 N–H and O–H groups in total. The molecule has 0 aromatic heterocycles. The van der Waals surface area contributed by atoms with Crippen LogP contribution in [0.3, 0.4) is 0 Å². The molecule has 1 amide bonds. The maximum Gasteiger partial charge on any atom is 0.231 e. The van der Waals surface area contributed by atoms with Gasteiger partial charge >= 0.3 is 0 Å². The minimum atomic E-state index is -0.456. The molecule has 0 spiro atoms. The van der Waals surface area contributed by atoms with Crippen LogP contribution in [0.25, 0.3) is 0 Å². The Morgan fingerprint density at radius 1 is 1.19 bits per heavy atom. The lowest BCUT2D eigenvalue weighted by molar-refractivity contribution is -0.125. The molecule has 1 aliphatic rings. The van der Waals surface area contributed by atoms with Gasteiger partial charge in [-0.15, -0.1) is 24.8 Å². The summed E-state index contributed by atoms with van der Waals surface area (Å²) in [5.74, 6) is 0.0346. The average molecular weight is 404 g/mol. The van der Waals surface area contributed by atoms with E-state index in [1.165, 1.54) is 31.4 Å². The zero-order chi connectivity index (χ0) is 17.6. The van der Waals surface area contributed by atoms with E-state index < -0.39 is 5.41 Å². The first-order valence-electron chi connectivity index (χ1n) is 9.39. The summed E-state index contributed by atoms with van der Waals surface area (Å²) in [6.07, 6.45) is 5.46. The molecule has 1 atom stereocenters. The highest BCUT2D eigenvalue weighted by atomic mass is 35.5. The number of carbonyl (C=O) groups excluding carboxylic acids is 1. The second kappa shape index (κ2) is 11.8. The van der Waals surface area contributed by atoms with E-state index in [9.17, 15) is 4.79 Å². The standard InChI is InChI=1S/C20H33N3O.2ClH/c1-4-20(5-2,15-21)19(24)22-18-11-9-17(10-12-18)14-23-13-7-6-8-16(23)3;;/h9-12,16H,4-8,13-15,21H2,1-3H3,(H,22,24);2*1H. The van der Waals surface area contributed by atoms with Gasteiger partial charge in [-0.2, -0.15) is 0 Å². The molecule has 0 saturated carbocycles. The monoisotopic (exact) mass is 403 g/mol. The summed E-state index contributed by atoms with van der Waals surface area (Å²) in [5, 5.41) is 3.04. The molecule has 1 aliphatic heterocycles. The molecular formula is C20H35Cl2N3O. The van der Waals surface area contributed by atoms with Crippen LogP contribution < -0.4 is 11.1 Å². The van der Waals surface area contributed by atoms with Crippen LogP contribution in [0, 0.1) is 5.41 Å². The quantitative estimate of drug-likeness (QED) is 0.698. The molecule has 4 nitrogen and oxygen atoms in total. The molecule has 1 unspecified atom stereocenters. The van der Waals surface area contributed by atoms with Crippen molar-refractivity contribution in [1.29, 1.82) is 0 Å². The number of halogens is 2. The molecule has 150 valence electrons. The first kappa shape index (κ1) is 25.2. The van der Waals surface area contributed by atoms with Crippen LogP contribution in [-0.4, -0.2) is 29.9 Å². The Balaban J connectivity index is 0.00000312. The number of piperidine rings is 1. The van der Waals surface area contributed by atoms with Gasteiger partial charge in [-0.3, -0.25) is 9.69 Å². The number of hydrogen-bond acceptors (Lipinski definition) is 3. The number of amides is 1. The van der Waals surface area contributed by atoms with Gasteiger partial charge in [-0.05, 0) is 56.8 Å². The Morgan fingerprint density at radius 2 is 1.81 bits per heavy atom. The van der Waals surface area contributed by atoms with Crippen LogP contribution in [0.5, 0.6) is 0 Å². The third-order valence-corrected chi connectivity index (χ3v) is 5.76. The lowest BCUT2D eigenvalue weighted by atomic mass is 9.81. The number of benzene rings is 1. The van der Waals surface area contributed by atoms with Crippen molar-refractivity contribution in [3.8, 4) is 0 Å². The molecule has 1 fully saturated rings. The van der Waals surface area contributed by atoms with Crippen LogP contribution in [0.1, 0.15) is 58.4 Å². The van der Waals surface area contributed by atoms with Crippen molar-refractivity contribution in [2.75, 3.05) is 18.4 Å². The van der Waals surface area contributed by atoms with E-state index in [0.29, 0.717) is 12.6 Å². The number of rotatable bonds is 7. The van der Waals surface area contributed by atoms with E-state index in [1.54, 1.807) is 0 Å². The SMILES string of the molecule is CCC(CC)(CN)C(=O)Nc1ccc(CN2CCCCC2C)cc1.Cl.Cl. The molecule has 0 bridgehead atoms. The van der Waals surface area contributed by atoms with Crippen molar-refractivity contribution < 1.29 is 4.79 Å². The number of nitrogens with zero attached hydrogens (tertiary/aromatic N) is 1. The molecular weight excluding hydrogens is 369 g/mol. The Hall–Kier alpha value is -0.810. The van der Waals surface area contributed by atoms with E-state index in [1.807, 2.05) is 26.0 Å². The Bertz CT molecular complexity index is 524. The van der Waals surface area contributed by atoms with Gasteiger partial charge in [-0.1, -0.05) is 32.4 Å². The number of carbonyl (C=O) groups is 1. The summed E-state index contributed by atoms with van der Waals surface area (Å²) < 4.78 is 0. The molecule has 1 aromatic carbocycles. The van der Waals surface area contributed by atoms with Crippen molar-refractivity contribution in [2.24, 2.45) is 11.1 Å². The van der Waals surface area contributed by atoms with Crippen molar-refractivity contribution in [3.63, 3.8) is 0 Å². The first-order chi connectivity index (χ1) is 11.5. The van der Waals surface area contributed by atoms with Gasteiger partial charge in [-0.25, -0.2) is 0 Å². The average Bonchev–Trinajstić information content (AvgIpc) is 2.61. The van der Waals surface area contributed by atoms with Crippen molar-refractivity contribution in [2.45, 2.75) is 65.5 Å². The van der Waals surface area contributed by atoms with Gasteiger partial charge in [0, 0.05) is 24.8 Å². The largest absolute Gasteiger partial charge is 0.329 e. The molecule has 1 heterocycles. The predicted molar refractivity (Wildman–Crippen MR) is 115 cm³/mol. The van der Waals surface area contributed by atoms with E-state index in [4.69, 9.17) is 5.73 Å². The fraction of sp³-hybridized carbons (Fsp3) is 0.650. The van der Waals surface area contributed by atoms with E-state index in [0.717, 1.165) is 25.1 Å². The summed E-state index contributed by atoms with van der Waals surface area (Å²) >= 11 is 0. The molecule has 0 aliphatic carbocycles. The number of likely N-dealkylation sites (tertiary alicyclic amines) is 1. The van der Waals surface area contributed by atoms with Gasteiger partial charge in [0.05, 0.1) is 5.41 Å².